The molecular weight excluding hydrogens is 921 g/mol. The Morgan fingerprint density at radius 1 is 0.716 bits per heavy atom. The van der Waals surface area contributed by atoms with Crippen molar-refractivity contribution in [2.24, 2.45) is 0 Å². The molecule has 3 heterocycles. The Morgan fingerprint density at radius 3 is 1.88 bits per heavy atom. The molecule has 0 aliphatic carbocycles. The van der Waals surface area contributed by atoms with Gasteiger partial charge in [0, 0.05) is 43.8 Å². The van der Waals surface area contributed by atoms with Crippen LogP contribution >= 0.6 is 0 Å². The van der Waals surface area contributed by atoms with E-state index in [0.717, 1.165) is 17.0 Å². The maximum absolute atomic E-state index is 12.7. The summed E-state index contributed by atoms with van der Waals surface area (Å²) in [6, 6.07) is 3.24. The number of hydrogen-bond acceptors (Lipinski definition) is 22. The second-order valence-corrected chi connectivity index (χ2v) is 15.2. The van der Waals surface area contributed by atoms with Crippen molar-refractivity contribution in [1.82, 2.24) is 30.5 Å². The average Bonchev–Trinajstić information content (AvgIpc) is 3.89. The zero-order valence-corrected chi connectivity index (χ0v) is 37.3. The Kier molecular flexibility index (Phi) is 24.4. The predicted molar refractivity (Wildman–Crippen MR) is 223 cm³/mol. The first-order chi connectivity index (χ1) is 32.3. The van der Waals surface area contributed by atoms with Gasteiger partial charge in [0.2, 0.25) is 12.2 Å². The van der Waals surface area contributed by atoms with E-state index in [1.807, 2.05) is 0 Å². The molecule has 2 aliphatic rings. The number of aliphatic hydroxyl groups excluding tert-OH is 4. The zero-order valence-electron chi connectivity index (χ0n) is 36.5. The molecule has 4 amide bonds. The van der Waals surface area contributed by atoms with Crippen LogP contribution in [0.15, 0.2) is 36.5 Å². The molecule has 1 saturated heterocycles. The van der Waals surface area contributed by atoms with E-state index < -0.39 is 76.9 Å². The van der Waals surface area contributed by atoms with Crippen molar-refractivity contribution >= 4 is 34.0 Å². The first-order valence-corrected chi connectivity index (χ1v) is 22.4. The highest BCUT2D eigenvalue weighted by Crippen LogP contribution is 2.33. The first-order valence-electron chi connectivity index (χ1n) is 21.1. The van der Waals surface area contributed by atoms with Crippen molar-refractivity contribution < 1.29 is 99.4 Å². The minimum Gasteiger partial charge on any atom is -0.458 e. The number of ether oxygens (including phenoxy) is 9. The molecule has 4 rings (SSSR count). The minimum absolute atomic E-state index is 0.0219. The smallest absolute Gasteiger partial charge is 0.446 e. The molecule has 1 aromatic carbocycles. The van der Waals surface area contributed by atoms with Crippen molar-refractivity contribution in [3.8, 4) is 11.5 Å². The Morgan fingerprint density at radius 2 is 1.28 bits per heavy atom. The lowest BCUT2D eigenvalue weighted by molar-refractivity contribution is -0.277. The summed E-state index contributed by atoms with van der Waals surface area (Å²) in [6.45, 7) is 4.41. The molecule has 2 aliphatic heterocycles. The molecule has 0 radical (unpaired) electrons. The first kappa shape index (κ1) is 54.8. The summed E-state index contributed by atoms with van der Waals surface area (Å²) >= 11 is 0. The van der Waals surface area contributed by atoms with Gasteiger partial charge in [0.05, 0.1) is 112 Å². The highest BCUT2D eigenvalue weighted by Gasteiger charge is 2.45. The van der Waals surface area contributed by atoms with Crippen LogP contribution in [0.4, 0.5) is 0 Å². The molecule has 1 fully saturated rings. The standard InChI is InChI=1S/C39H58N6O21S/c46-25-31-35(50)36(51)37(52)39(65-31)64-29-2-1-27(23-30(29)66-67(54,55)56)38(53)41-7-11-58-14-17-60-18-15-59-12-9-44-24-28(42-43-44)26-63-22-21-62-20-19-61-16-13-57-10-6-40-32(47)5-8-45-33(48)3-4-34(45)49/h1-4,23-24,31,35-37,39,46,50-52H,5-22,25-26H2,(H,40,47)(H,41,53)(H,54,55,56)/t31-,35+,36+,37-,39-/m1/s1. The van der Waals surface area contributed by atoms with Crippen LogP contribution in [0.3, 0.4) is 0 Å². The number of rotatable bonds is 35. The molecule has 0 unspecified atom stereocenters. The maximum atomic E-state index is 12.7. The molecule has 0 bridgehead atoms. The second-order valence-electron chi connectivity index (χ2n) is 14.2. The van der Waals surface area contributed by atoms with Crippen LogP contribution in [0.2, 0.25) is 0 Å². The zero-order chi connectivity index (χ0) is 48.4. The highest BCUT2D eigenvalue weighted by molar-refractivity contribution is 7.81. The molecule has 5 atom stereocenters. The van der Waals surface area contributed by atoms with E-state index in [1.54, 1.807) is 10.9 Å². The fourth-order valence-electron chi connectivity index (χ4n) is 5.82. The second kappa shape index (κ2) is 29.9. The van der Waals surface area contributed by atoms with E-state index >= 15 is 0 Å². The van der Waals surface area contributed by atoms with Crippen LogP contribution < -0.4 is 19.6 Å². The summed E-state index contributed by atoms with van der Waals surface area (Å²) in [5.41, 5.74) is 0.542. The van der Waals surface area contributed by atoms with E-state index in [1.165, 1.54) is 18.2 Å². The number of carbonyl (C=O) groups excluding carboxylic acids is 4. The monoisotopic (exact) mass is 978 g/mol. The van der Waals surface area contributed by atoms with Gasteiger partial charge in [0.1, 0.15) is 30.1 Å². The van der Waals surface area contributed by atoms with Crippen molar-refractivity contribution in [2.75, 3.05) is 112 Å². The number of amides is 4. The van der Waals surface area contributed by atoms with Crippen molar-refractivity contribution in [3.05, 3.63) is 47.8 Å². The molecule has 28 heteroatoms. The lowest BCUT2D eigenvalue weighted by Crippen LogP contribution is -2.60. The van der Waals surface area contributed by atoms with Crippen LogP contribution in [-0.2, 0) is 75.8 Å². The minimum atomic E-state index is -5.11. The number of nitrogens with zero attached hydrogens (tertiary/aromatic N) is 4. The summed E-state index contributed by atoms with van der Waals surface area (Å²) < 4.78 is 87.4. The molecule has 2 aromatic rings. The SMILES string of the molecule is O=C(CCN1C(=O)C=CC1=O)NCCOCCOCCOCCOCc1cn(CCOCCOCCOCCNC(=O)c2ccc(O[C@@H]3O[C@H](CO)[C@H](O)[C@H](O)[C@H]3O)c(OS(=O)(=O)O)c2)nn1. The number of aromatic nitrogens is 3. The van der Waals surface area contributed by atoms with Gasteiger partial charge < -0.3 is 77.9 Å². The number of imide groups is 1. The third kappa shape index (κ3) is 20.5. The Bertz CT molecular complexity index is 1950. The third-order valence-electron chi connectivity index (χ3n) is 9.22. The van der Waals surface area contributed by atoms with Gasteiger partial charge in [-0.25, -0.2) is 4.68 Å². The largest absolute Gasteiger partial charge is 0.458 e. The van der Waals surface area contributed by atoms with Gasteiger partial charge >= 0.3 is 10.4 Å². The van der Waals surface area contributed by atoms with Crippen LogP contribution in [0.1, 0.15) is 22.5 Å². The van der Waals surface area contributed by atoms with Crippen LogP contribution in [0, 0.1) is 0 Å². The summed E-state index contributed by atoms with van der Waals surface area (Å²) in [4.78, 5) is 48.5. The van der Waals surface area contributed by atoms with E-state index in [0.29, 0.717) is 84.9 Å². The predicted octanol–water partition coefficient (Wildman–Crippen LogP) is -3.88. The Hall–Kier alpha value is -4.79. The van der Waals surface area contributed by atoms with E-state index in [2.05, 4.69) is 25.1 Å². The van der Waals surface area contributed by atoms with Crippen LogP contribution in [0.5, 0.6) is 11.5 Å². The third-order valence-corrected chi connectivity index (χ3v) is 9.61. The van der Waals surface area contributed by atoms with Crippen molar-refractivity contribution in [1.29, 1.82) is 0 Å². The summed E-state index contributed by atoms with van der Waals surface area (Å²) in [7, 11) is -5.11. The highest BCUT2D eigenvalue weighted by atomic mass is 32.3. The molecule has 0 spiro atoms. The number of hydrogen-bond donors (Lipinski definition) is 7. The van der Waals surface area contributed by atoms with Gasteiger partial charge in [-0.15, -0.1) is 5.10 Å². The van der Waals surface area contributed by atoms with Gasteiger partial charge in [-0.1, -0.05) is 5.21 Å². The number of nitrogens with one attached hydrogen (secondary N) is 2. The molecule has 67 heavy (non-hydrogen) atoms. The quantitative estimate of drug-likeness (QED) is 0.0197. The number of aliphatic hydroxyl groups is 4. The van der Waals surface area contributed by atoms with Gasteiger partial charge in [0.25, 0.3) is 17.7 Å². The molecule has 376 valence electrons. The molecule has 27 nitrogen and oxygen atoms in total. The summed E-state index contributed by atoms with van der Waals surface area (Å²) in [5, 5.41) is 52.9. The maximum Gasteiger partial charge on any atom is 0.446 e. The van der Waals surface area contributed by atoms with E-state index in [4.69, 9.17) is 42.6 Å². The lowest BCUT2D eigenvalue weighted by atomic mass is 9.99. The molecule has 7 N–H and O–H groups in total. The van der Waals surface area contributed by atoms with Gasteiger partial charge in [-0.3, -0.25) is 28.6 Å². The Labute approximate surface area is 385 Å². The van der Waals surface area contributed by atoms with Gasteiger partial charge in [-0.2, -0.15) is 8.42 Å². The van der Waals surface area contributed by atoms with E-state index in [9.17, 15) is 52.6 Å². The lowest BCUT2D eigenvalue weighted by Gasteiger charge is -2.39. The van der Waals surface area contributed by atoms with Crippen LogP contribution in [-0.4, -0.2) is 220 Å². The Balaban J connectivity index is 0.924. The average molecular weight is 979 g/mol. The summed E-state index contributed by atoms with van der Waals surface area (Å²) in [5.74, 6) is -2.88. The fraction of sp³-hybridized carbons (Fsp3) is 0.641. The van der Waals surface area contributed by atoms with Crippen molar-refractivity contribution in [2.45, 2.75) is 50.3 Å². The number of carbonyl (C=O) groups is 4. The van der Waals surface area contributed by atoms with Crippen molar-refractivity contribution in [3.63, 3.8) is 0 Å². The number of benzene rings is 1. The fourth-order valence-corrected chi connectivity index (χ4v) is 6.18. The molecule has 0 saturated carbocycles. The molecular formula is C39H58N6O21S. The molecule has 1 aromatic heterocycles. The van der Waals surface area contributed by atoms with Gasteiger partial charge in [0.15, 0.2) is 11.5 Å². The van der Waals surface area contributed by atoms with Gasteiger partial charge in [-0.05, 0) is 18.2 Å². The topological polar surface area (TPSA) is 354 Å². The summed E-state index contributed by atoms with van der Waals surface area (Å²) in [6.07, 6.45) is -4.19. The van der Waals surface area contributed by atoms with E-state index in [-0.39, 0.29) is 57.4 Å². The van der Waals surface area contributed by atoms with Crippen LogP contribution in [0.25, 0.3) is 0 Å². The normalized spacial score (nSPS) is 19.5.